The van der Waals surface area contributed by atoms with E-state index in [2.05, 4.69) is 47.6 Å². The SMILES string of the molecule is CC(C)(C)c1ccc(OP(O)O)c(C(C)(C)C)c1.NC(CO)(CO)CO. The number of benzene rings is 1. The summed E-state index contributed by atoms with van der Waals surface area (Å²) in [6.45, 7) is 11.5. The molecule has 152 valence electrons. The van der Waals surface area contributed by atoms with Crippen molar-refractivity contribution in [3.05, 3.63) is 29.3 Å². The molecule has 0 heterocycles. The first-order chi connectivity index (χ1) is 11.7. The summed E-state index contributed by atoms with van der Waals surface area (Å²) in [6.07, 6.45) is 0. The molecule has 1 rings (SSSR count). The first kappa shape index (κ1) is 25.2. The van der Waals surface area contributed by atoms with Crippen molar-refractivity contribution in [1.29, 1.82) is 0 Å². The van der Waals surface area contributed by atoms with E-state index in [1.54, 1.807) is 0 Å². The van der Waals surface area contributed by atoms with Crippen molar-refractivity contribution in [3.8, 4) is 5.75 Å². The molecule has 0 atom stereocenters. The van der Waals surface area contributed by atoms with Gasteiger partial charge in [-0.15, -0.1) is 0 Å². The Bertz CT molecular complexity index is 539. The predicted octanol–water partition coefficient (Wildman–Crippen LogP) is 1.53. The third kappa shape index (κ3) is 8.27. The quantitative estimate of drug-likeness (QED) is 0.419. The van der Waals surface area contributed by atoms with Gasteiger partial charge < -0.3 is 35.4 Å². The normalized spacial score (nSPS) is 12.7. The zero-order valence-corrected chi connectivity index (χ0v) is 17.4. The van der Waals surface area contributed by atoms with Crippen molar-refractivity contribution in [1.82, 2.24) is 0 Å². The smallest absolute Gasteiger partial charge is 0.391 e. The molecule has 7 N–H and O–H groups in total. The molecule has 0 aliphatic rings. The molecule has 7 nitrogen and oxygen atoms in total. The molecule has 0 aliphatic heterocycles. The molecule has 0 aromatic heterocycles. The van der Waals surface area contributed by atoms with Gasteiger partial charge in [0.05, 0.1) is 25.4 Å². The third-order valence-corrected chi connectivity index (χ3v) is 4.14. The maximum absolute atomic E-state index is 9.02. The second-order valence-electron chi connectivity index (χ2n) is 8.39. The maximum atomic E-state index is 9.02. The summed E-state index contributed by atoms with van der Waals surface area (Å²) in [5.74, 6) is 0.548. The minimum Gasteiger partial charge on any atom is -0.427 e. The van der Waals surface area contributed by atoms with Gasteiger partial charge >= 0.3 is 8.60 Å². The summed E-state index contributed by atoms with van der Waals surface area (Å²) in [5, 5.41) is 25.0. The minimum absolute atomic E-state index is 0.0572. The lowest BCUT2D eigenvalue weighted by Crippen LogP contribution is -2.50. The van der Waals surface area contributed by atoms with Crippen molar-refractivity contribution >= 4 is 8.60 Å². The fourth-order valence-corrected chi connectivity index (χ4v) is 2.24. The van der Waals surface area contributed by atoms with E-state index in [1.807, 2.05) is 12.1 Å². The third-order valence-electron chi connectivity index (χ3n) is 3.78. The molecule has 8 heteroatoms. The fraction of sp³-hybridized carbons (Fsp3) is 0.667. The molecule has 0 saturated carbocycles. The van der Waals surface area contributed by atoms with Crippen molar-refractivity contribution in [2.75, 3.05) is 19.8 Å². The Hall–Kier alpha value is -0.790. The first-order valence-corrected chi connectivity index (χ1v) is 9.49. The van der Waals surface area contributed by atoms with Gasteiger partial charge in [-0.3, -0.25) is 0 Å². The van der Waals surface area contributed by atoms with E-state index in [9.17, 15) is 0 Å². The molecule has 26 heavy (non-hydrogen) atoms. The topological polar surface area (TPSA) is 136 Å². The second-order valence-corrected chi connectivity index (χ2v) is 9.08. The van der Waals surface area contributed by atoms with Crippen LogP contribution in [0.2, 0.25) is 0 Å². The van der Waals surface area contributed by atoms with Gasteiger partial charge in [-0.1, -0.05) is 53.7 Å². The lowest BCUT2D eigenvalue weighted by atomic mass is 9.80. The molecule has 0 bridgehead atoms. The summed E-state index contributed by atoms with van der Waals surface area (Å²) in [4.78, 5) is 18.0. The summed E-state index contributed by atoms with van der Waals surface area (Å²) in [5.41, 5.74) is 6.09. The second kappa shape index (κ2) is 9.95. The van der Waals surface area contributed by atoms with E-state index in [-0.39, 0.29) is 10.8 Å². The van der Waals surface area contributed by atoms with E-state index < -0.39 is 34.0 Å². The number of hydrogen-bond donors (Lipinski definition) is 6. The standard InChI is InChI=1S/C14H23O3P.C4H11NO3/c1-13(2,3)10-7-8-12(17-18(15)16)11(9-10)14(4,5)6;5-4(1-6,2-7)3-8/h7-9,15-16H,1-6H3;6-8H,1-3,5H2. The molecule has 0 radical (unpaired) electrons. The van der Waals surface area contributed by atoms with Gasteiger partial charge in [-0.25, -0.2) is 0 Å². The number of hydrogen-bond acceptors (Lipinski definition) is 7. The van der Waals surface area contributed by atoms with Crippen molar-refractivity contribution in [3.63, 3.8) is 0 Å². The Morgan fingerprint density at radius 3 is 1.62 bits per heavy atom. The van der Waals surface area contributed by atoms with Crippen LogP contribution in [0.5, 0.6) is 5.75 Å². The lowest BCUT2D eigenvalue weighted by Gasteiger charge is -2.27. The number of nitrogens with two attached hydrogens (primary N) is 1. The molecule has 0 amide bonds. The predicted molar refractivity (Wildman–Crippen MR) is 104 cm³/mol. The highest BCUT2D eigenvalue weighted by Gasteiger charge is 2.24. The molecule has 0 spiro atoms. The van der Waals surface area contributed by atoms with E-state index in [0.29, 0.717) is 5.75 Å². The van der Waals surface area contributed by atoms with Gasteiger partial charge in [0.25, 0.3) is 0 Å². The van der Waals surface area contributed by atoms with Gasteiger partial charge in [-0.2, -0.15) is 0 Å². The molecular formula is C18H34NO6P. The van der Waals surface area contributed by atoms with E-state index in [1.165, 1.54) is 5.56 Å². The zero-order chi connectivity index (χ0) is 20.8. The molecule has 0 aliphatic carbocycles. The van der Waals surface area contributed by atoms with Crippen LogP contribution >= 0.6 is 8.60 Å². The van der Waals surface area contributed by atoms with Crippen molar-refractivity contribution in [2.45, 2.75) is 57.9 Å². The van der Waals surface area contributed by atoms with Crippen molar-refractivity contribution < 1.29 is 29.6 Å². The Morgan fingerprint density at radius 1 is 0.885 bits per heavy atom. The zero-order valence-electron chi connectivity index (χ0n) is 16.5. The van der Waals surface area contributed by atoms with Crippen LogP contribution in [-0.2, 0) is 10.8 Å². The number of rotatable bonds is 5. The number of aliphatic hydroxyl groups is 3. The fourth-order valence-electron chi connectivity index (χ4n) is 1.90. The van der Waals surface area contributed by atoms with Gasteiger partial charge in [0.15, 0.2) is 0 Å². The number of aliphatic hydroxyl groups excluding tert-OH is 3. The van der Waals surface area contributed by atoms with Crippen LogP contribution in [0.3, 0.4) is 0 Å². The molecule has 0 fully saturated rings. The average Bonchev–Trinajstić information content (AvgIpc) is 2.52. The minimum atomic E-state index is -2.38. The van der Waals surface area contributed by atoms with E-state index >= 15 is 0 Å². The summed E-state index contributed by atoms with van der Waals surface area (Å²) < 4.78 is 5.12. The van der Waals surface area contributed by atoms with Crippen LogP contribution in [0.25, 0.3) is 0 Å². The Morgan fingerprint density at radius 2 is 1.35 bits per heavy atom. The largest absolute Gasteiger partial charge is 0.427 e. The average molecular weight is 391 g/mol. The van der Waals surface area contributed by atoms with Crippen LogP contribution in [0, 0.1) is 0 Å². The van der Waals surface area contributed by atoms with Crippen LogP contribution in [0.4, 0.5) is 0 Å². The molecular weight excluding hydrogens is 357 g/mol. The van der Waals surface area contributed by atoms with Gasteiger partial charge in [0.1, 0.15) is 5.75 Å². The Kier molecular flexibility index (Phi) is 9.64. The molecule has 0 unspecified atom stereocenters. The Labute approximate surface area is 157 Å². The monoisotopic (exact) mass is 391 g/mol. The highest BCUT2D eigenvalue weighted by molar-refractivity contribution is 7.39. The molecule has 1 aromatic rings. The highest BCUT2D eigenvalue weighted by atomic mass is 31.2. The maximum Gasteiger partial charge on any atom is 0.391 e. The van der Waals surface area contributed by atoms with Crippen LogP contribution < -0.4 is 10.3 Å². The summed E-state index contributed by atoms with van der Waals surface area (Å²) in [6, 6.07) is 5.89. The summed E-state index contributed by atoms with van der Waals surface area (Å²) >= 11 is 0. The van der Waals surface area contributed by atoms with Gasteiger partial charge in [0, 0.05) is 5.56 Å². The van der Waals surface area contributed by atoms with Crippen molar-refractivity contribution in [2.24, 2.45) is 5.73 Å². The Balaban J connectivity index is 0.000000660. The van der Waals surface area contributed by atoms with Crippen LogP contribution in [0.1, 0.15) is 52.7 Å². The van der Waals surface area contributed by atoms with Crippen LogP contribution in [-0.4, -0.2) is 50.5 Å². The van der Waals surface area contributed by atoms with E-state index in [4.69, 9.17) is 35.4 Å². The summed E-state index contributed by atoms with van der Waals surface area (Å²) in [7, 11) is -2.38. The molecule has 1 aromatic carbocycles. The molecule has 0 saturated heterocycles. The van der Waals surface area contributed by atoms with Gasteiger partial charge in [0.2, 0.25) is 0 Å². The first-order valence-electron chi connectivity index (χ1n) is 8.32. The van der Waals surface area contributed by atoms with E-state index in [0.717, 1.165) is 5.56 Å². The van der Waals surface area contributed by atoms with Gasteiger partial charge in [-0.05, 0) is 22.5 Å². The van der Waals surface area contributed by atoms with Crippen LogP contribution in [0.15, 0.2) is 18.2 Å². The highest BCUT2D eigenvalue weighted by Crippen LogP contribution is 2.39. The lowest BCUT2D eigenvalue weighted by molar-refractivity contribution is 0.0697.